The number of hydrogen-bond donors (Lipinski definition) is 1. The lowest BCUT2D eigenvalue weighted by atomic mass is 10.0. The number of fused-ring (bicyclic) bond motifs is 9. The lowest BCUT2D eigenvalue weighted by molar-refractivity contribution is 0.662. The summed E-state index contributed by atoms with van der Waals surface area (Å²) >= 11 is 1.80. The number of rotatable bonds is 5. The number of aliphatic imine (C=N–C) groups is 2. The normalized spacial score (nSPS) is 14.5. The van der Waals surface area contributed by atoms with Crippen LogP contribution in [0.1, 0.15) is 22.9 Å². The zero-order valence-corrected chi connectivity index (χ0v) is 31.4. The van der Waals surface area contributed by atoms with E-state index in [-0.39, 0.29) is 0 Å². The molecule has 0 saturated heterocycles. The van der Waals surface area contributed by atoms with Gasteiger partial charge in [0, 0.05) is 70.2 Å². The third kappa shape index (κ3) is 5.08. The Morgan fingerprint density at radius 1 is 0.526 bits per heavy atom. The summed E-state index contributed by atoms with van der Waals surface area (Å²) in [5, 5.41) is 10.7. The smallest absolute Gasteiger partial charge is 0.160 e. The van der Waals surface area contributed by atoms with Gasteiger partial charge in [-0.15, -0.1) is 11.3 Å². The molecule has 0 saturated carbocycles. The van der Waals surface area contributed by atoms with Gasteiger partial charge in [-0.3, -0.25) is 0 Å². The van der Waals surface area contributed by atoms with Crippen molar-refractivity contribution in [3.63, 3.8) is 0 Å². The van der Waals surface area contributed by atoms with E-state index in [1.165, 1.54) is 42.1 Å². The minimum Gasteiger partial charge on any atom is -0.456 e. The van der Waals surface area contributed by atoms with Crippen LogP contribution in [0.4, 0.5) is 0 Å². The van der Waals surface area contributed by atoms with Gasteiger partial charge < -0.3 is 14.3 Å². The van der Waals surface area contributed by atoms with Crippen LogP contribution in [-0.2, 0) is 0 Å². The first-order chi connectivity index (χ1) is 28.2. The number of nitrogens with zero attached hydrogens (tertiary/aromatic N) is 3. The average Bonchev–Trinajstić information content (AvgIpc) is 3.96. The number of hydrogen-bond acceptors (Lipinski definition) is 5. The van der Waals surface area contributed by atoms with Crippen molar-refractivity contribution in [2.45, 2.75) is 6.17 Å². The van der Waals surface area contributed by atoms with Crippen molar-refractivity contribution in [2.24, 2.45) is 9.98 Å². The summed E-state index contributed by atoms with van der Waals surface area (Å²) in [5.74, 6) is 1.50. The van der Waals surface area contributed by atoms with Crippen molar-refractivity contribution >= 4 is 86.9 Å². The van der Waals surface area contributed by atoms with Crippen LogP contribution >= 0.6 is 11.3 Å². The molecule has 0 spiro atoms. The molecule has 12 rings (SSSR count). The highest BCUT2D eigenvalue weighted by Crippen LogP contribution is 2.41. The van der Waals surface area contributed by atoms with Gasteiger partial charge in [0.1, 0.15) is 23.2 Å². The van der Waals surface area contributed by atoms with Crippen LogP contribution in [-0.4, -0.2) is 16.2 Å². The molecule has 0 radical (unpaired) electrons. The maximum Gasteiger partial charge on any atom is 0.160 e. The Hall–Kier alpha value is -7.28. The highest BCUT2D eigenvalue weighted by molar-refractivity contribution is 7.26. The highest BCUT2D eigenvalue weighted by Gasteiger charge is 2.26. The molecule has 8 aromatic carbocycles. The Morgan fingerprint density at radius 2 is 1.25 bits per heavy atom. The van der Waals surface area contributed by atoms with Crippen LogP contribution in [0.3, 0.4) is 0 Å². The number of nitrogens with one attached hydrogen (secondary N) is 1. The van der Waals surface area contributed by atoms with Crippen molar-refractivity contribution < 1.29 is 4.42 Å². The Bertz CT molecular complexity index is 3450. The molecule has 0 aliphatic carbocycles. The predicted molar refractivity (Wildman–Crippen MR) is 238 cm³/mol. The molecule has 4 heterocycles. The van der Waals surface area contributed by atoms with Gasteiger partial charge in [0.2, 0.25) is 0 Å². The third-order valence-electron chi connectivity index (χ3n) is 11.3. The molecule has 11 aromatic rings. The van der Waals surface area contributed by atoms with Gasteiger partial charge in [0.15, 0.2) is 5.84 Å². The van der Waals surface area contributed by atoms with Crippen molar-refractivity contribution in [1.82, 2.24) is 9.88 Å². The van der Waals surface area contributed by atoms with Crippen LogP contribution in [0.5, 0.6) is 0 Å². The summed E-state index contributed by atoms with van der Waals surface area (Å²) in [6.07, 6.45) is -0.407. The monoisotopic (exact) mass is 748 g/mol. The van der Waals surface area contributed by atoms with Crippen molar-refractivity contribution in [3.8, 4) is 16.8 Å². The lowest BCUT2D eigenvalue weighted by Gasteiger charge is -2.24. The zero-order valence-electron chi connectivity index (χ0n) is 30.6. The van der Waals surface area contributed by atoms with Crippen molar-refractivity contribution in [2.75, 3.05) is 0 Å². The van der Waals surface area contributed by atoms with Gasteiger partial charge in [-0.05, 0) is 53.6 Å². The van der Waals surface area contributed by atoms with E-state index in [0.717, 1.165) is 61.2 Å². The van der Waals surface area contributed by atoms with Gasteiger partial charge in [-0.2, -0.15) is 0 Å². The van der Waals surface area contributed by atoms with Crippen molar-refractivity contribution in [1.29, 1.82) is 0 Å². The highest BCUT2D eigenvalue weighted by atomic mass is 32.1. The van der Waals surface area contributed by atoms with Gasteiger partial charge in [-0.1, -0.05) is 133 Å². The van der Waals surface area contributed by atoms with E-state index in [9.17, 15) is 0 Å². The molecule has 268 valence electrons. The minimum atomic E-state index is -0.407. The Balaban J connectivity index is 1.03. The summed E-state index contributed by atoms with van der Waals surface area (Å²) in [4.78, 5) is 10.6. The van der Waals surface area contributed by atoms with Crippen LogP contribution in [0, 0.1) is 0 Å². The fourth-order valence-corrected chi connectivity index (χ4v) is 9.87. The standard InChI is InChI=1S/C51H32N4OS/c1-3-13-31(14-4-1)33-25-27-36-35-17-7-9-22-42(35)55(43(36)29-33)34-26-28-39-45(30-34)56-44-23-12-20-40(47(39)44)50-52-49(32-15-5-2-6-16-32)53-51(54-50)41-21-11-19-38-37-18-8-10-24-46(37)57-48(38)41/h1-30,50H,(H,52,53,54). The first kappa shape index (κ1) is 32.0. The van der Waals surface area contributed by atoms with Crippen LogP contribution in [0.15, 0.2) is 196 Å². The molecule has 1 N–H and O–H groups in total. The van der Waals surface area contributed by atoms with E-state index < -0.39 is 6.17 Å². The van der Waals surface area contributed by atoms with Gasteiger partial charge in [0.25, 0.3) is 0 Å². The Labute approximate surface area is 331 Å². The topological polar surface area (TPSA) is 54.8 Å². The van der Waals surface area contributed by atoms with E-state index >= 15 is 0 Å². The van der Waals surface area contributed by atoms with E-state index in [4.69, 9.17) is 14.4 Å². The molecule has 3 aromatic heterocycles. The third-order valence-corrected chi connectivity index (χ3v) is 12.5. The van der Waals surface area contributed by atoms with E-state index in [1.54, 1.807) is 11.3 Å². The van der Waals surface area contributed by atoms with Crippen LogP contribution < -0.4 is 5.32 Å². The largest absolute Gasteiger partial charge is 0.456 e. The molecule has 1 aliphatic rings. The summed E-state index contributed by atoms with van der Waals surface area (Å²) < 4.78 is 11.5. The fourth-order valence-electron chi connectivity index (χ4n) is 8.66. The molecular formula is C51H32N4OS. The van der Waals surface area contributed by atoms with E-state index in [0.29, 0.717) is 5.84 Å². The summed E-state index contributed by atoms with van der Waals surface area (Å²) in [6, 6.07) is 64.3. The molecule has 5 nitrogen and oxygen atoms in total. The summed E-state index contributed by atoms with van der Waals surface area (Å²) in [5.41, 5.74) is 10.5. The predicted octanol–water partition coefficient (Wildman–Crippen LogP) is 13.2. The molecule has 0 fully saturated rings. The first-order valence-electron chi connectivity index (χ1n) is 19.2. The Morgan fingerprint density at radius 3 is 2.12 bits per heavy atom. The van der Waals surface area contributed by atoms with Gasteiger partial charge >= 0.3 is 0 Å². The molecule has 57 heavy (non-hydrogen) atoms. The number of thiophene rings is 1. The molecule has 1 atom stereocenters. The second-order valence-corrected chi connectivity index (χ2v) is 15.6. The second-order valence-electron chi connectivity index (χ2n) is 14.6. The average molecular weight is 749 g/mol. The number of furan rings is 1. The van der Waals surface area contributed by atoms with Crippen molar-refractivity contribution in [3.05, 3.63) is 199 Å². The Kier molecular flexibility index (Phi) is 7.09. The summed E-state index contributed by atoms with van der Waals surface area (Å²) in [6.45, 7) is 0. The number of para-hydroxylation sites is 1. The van der Waals surface area contributed by atoms with Crippen LogP contribution in [0.25, 0.3) is 80.7 Å². The van der Waals surface area contributed by atoms with E-state index in [1.807, 2.05) is 18.2 Å². The van der Waals surface area contributed by atoms with Gasteiger partial charge in [-0.25, -0.2) is 9.98 Å². The molecular weight excluding hydrogens is 717 g/mol. The number of aromatic nitrogens is 1. The lowest BCUT2D eigenvalue weighted by Crippen LogP contribution is -2.33. The number of amidine groups is 2. The fraction of sp³-hybridized carbons (Fsp3) is 0.0196. The quantitative estimate of drug-likeness (QED) is 0.191. The maximum absolute atomic E-state index is 6.74. The number of benzene rings is 8. The van der Waals surface area contributed by atoms with E-state index in [2.05, 4.69) is 174 Å². The molecule has 0 amide bonds. The minimum absolute atomic E-state index is 0.407. The molecule has 1 unspecified atom stereocenters. The second kappa shape index (κ2) is 12.6. The molecule has 1 aliphatic heterocycles. The SMILES string of the molecule is c1ccc(C2=NC(c3cccc4c3sc3ccccc34)=NC(c3cccc4oc5cc(-n6c7ccccc7c7ccc(-c8ccccc8)cc76)ccc5c34)N2)cc1. The molecule has 0 bridgehead atoms. The maximum atomic E-state index is 6.74. The van der Waals surface area contributed by atoms with Gasteiger partial charge in [0.05, 0.1) is 11.0 Å². The first-order valence-corrected chi connectivity index (χ1v) is 20.0. The van der Waals surface area contributed by atoms with Crippen LogP contribution in [0.2, 0.25) is 0 Å². The zero-order chi connectivity index (χ0) is 37.5. The summed E-state index contributed by atoms with van der Waals surface area (Å²) in [7, 11) is 0. The molecule has 6 heteroatoms.